The molecule has 2 aromatic carbocycles. The van der Waals surface area contributed by atoms with Crippen molar-refractivity contribution in [3.05, 3.63) is 65.2 Å². The number of hydrogen-bond acceptors (Lipinski definition) is 3. The highest BCUT2D eigenvalue weighted by Gasteiger charge is 2.32. The molecule has 4 nitrogen and oxygen atoms in total. The maximum Gasteiger partial charge on any atom is 0.240 e. The molecule has 23 heavy (non-hydrogen) atoms. The molecule has 2 aromatic rings. The summed E-state index contributed by atoms with van der Waals surface area (Å²) in [5, 5.41) is 15.0. The minimum Gasteiger partial charge on any atom is -0.508 e. The lowest BCUT2D eigenvalue weighted by Gasteiger charge is -2.20. The standard InChI is InChI=1S/C17H14F2N2O2/c1-10(22)21-17(11-3-2-4-13(23)7-11)9-16(20-21)14-8-12(18)5-6-15(14)19/h2-8,17,23H,9H2,1H3. The van der Waals surface area contributed by atoms with Crippen LogP contribution in [0.4, 0.5) is 8.78 Å². The Bertz CT molecular complexity index is 805. The molecule has 1 aliphatic rings. The van der Waals surface area contributed by atoms with E-state index in [2.05, 4.69) is 5.10 Å². The molecule has 1 aliphatic heterocycles. The zero-order valence-electron chi connectivity index (χ0n) is 12.3. The quantitative estimate of drug-likeness (QED) is 0.923. The number of phenols is 1. The van der Waals surface area contributed by atoms with Gasteiger partial charge in [0.05, 0.1) is 11.8 Å². The van der Waals surface area contributed by atoms with Gasteiger partial charge in [-0.1, -0.05) is 12.1 Å². The molecule has 0 bridgehead atoms. The van der Waals surface area contributed by atoms with E-state index in [4.69, 9.17) is 0 Å². The van der Waals surface area contributed by atoms with Crippen molar-refractivity contribution >= 4 is 11.6 Å². The van der Waals surface area contributed by atoms with E-state index in [1.54, 1.807) is 12.1 Å². The van der Waals surface area contributed by atoms with E-state index in [1.807, 2.05) is 0 Å². The van der Waals surface area contributed by atoms with Gasteiger partial charge in [0, 0.05) is 18.9 Å². The Labute approximate surface area is 131 Å². The van der Waals surface area contributed by atoms with Gasteiger partial charge in [0.25, 0.3) is 0 Å². The second kappa shape index (κ2) is 5.79. The number of nitrogens with zero attached hydrogens (tertiary/aromatic N) is 2. The second-order valence-corrected chi connectivity index (χ2v) is 5.35. The van der Waals surface area contributed by atoms with Gasteiger partial charge < -0.3 is 5.11 Å². The van der Waals surface area contributed by atoms with Crippen molar-refractivity contribution in [1.29, 1.82) is 0 Å². The Morgan fingerprint density at radius 1 is 1.26 bits per heavy atom. The predicted molar refractivity (Wildman–Crippen MR) is 80.9 cm³/mol. The number of amides is 1. The third kappa shape index (κ3) is 2.92. The first-order chi connectivity index (χ1) is 11.0. The van der Waals surface area contributed by atoms with Crippen molar-refractivity contribution in [2.24, 2.45) is 5.10 Å². The number of rotatable bonds is 2. The van der Waals surface area contributed by atoms with Crippen LogP contribution < -0.4 is 0 Å². The number of hydrazone groups is 1. The van der Waals surface area contributed by atoms with Crippen LogP contribution in [-0.2, 0) is 4.79 Å². The van der Waals surface area contributed by atoms with Crippen LogP contribution in [-0.4, -0.2) is 21.7 Å². The molecule has 0 spiro atoms. The van der Waals surface area contributed by atoms with Gasteiger partial charge in [0.1, 0.15) is 17.4 Å². The van der Waals surface area contributed by atoms with Crippen LogP contribution in [0.5, 0.6) is 5.75 Å². The number of carbonyl (C=O) groups excluding carboxylic acids is 1. The fourth-order valence-electron chi connectivity index (χ4n) is 2.67. The SMILES string of the molecule is CC(=O)N1N=C(c2cc(F)ccc2F)CC1c1cccc(O)c1. The van der Waals surface area contributed by atoms with Gasteiger partial charge in [-0.3, -0.25) is 4.79 Å². The summed E-state index contributed by atoms with van der Waals surface area (Å²) in [5.74, 6) is -1.41. The molecule has 6 heteroatoms. The number of aromatic hydroxyl groups is 1. The first-order valence-electron chi connectivity index (χ1n) is 7.07. The summed E-state index contributed by atoms with van der Waals surface area (Å²) in [6.45, 7) is 1.35. The molecule has 0 aromatic heterocycles. The summed E-state index contributed by atoms with van der Waals surface area (Å²) < 4.78 is 27.3. The fourth-order valence-corrected chi connectivity index (χ4v) is 2.67. The van der Waals surface area contributed by atoms with E-state index in [9.17, 15) is 18.7 Å². The molecular weight excluding hydrogens is 302 g/mol. The molecule has 118 valence electrons. The molecule has 0 aliphatic carbocycles. The Morgan fingerprint density at radius 3 is 2.74 bits per heavy atom. The smallest absolute Gasteiger partial charge is 0.240 e. The summed E-state index contributed by atoms with van der Waals surface area (Å²) in [6, 6.07) is 9.13. The molecule has 0 radical (unpaired) electrons. The van der Waals surface area contributed by atoms with Gasteiger partial charge in [-0.05, 0) is 35.9 Å². The van der Waals surface area contributed by atoms with Crippen molar-refractivity contribution in [2.75, 3.05) is 0 Å². The molecule has 3 rings (SSSR count). The lowest BCUT2D eigenvalue weighted by atomic mass is 9.98. The number of hydrogen-bond donors (Lipinski definition) is 1. The normalized spacial score (nSPS) is 17.3. The van der Waals surface area contributed by atoms with Gasteiger partial charge in [-0.25, -0.2) is 13.8 Å². The molecule has 0 saturated carbocycles. The molecule has 1 amide bonds. The van der Waals surface area contributed by atoms with E-state index in [0.717, 1.165) is 18.2 Å². The van der Waals surface area contributed by atoms with Gasteiger partial charge in [0.15, 0.2) is 0 Å². The van der Waals surface area contributed by atoms with Crippen LogP contribution in [0.15, 0.2) is 47.6 Å². The van der Waals surface area contributed by atoms with Gasteiger partial charge in [0.2, 0.25) is 5.91 Å². The zero-order valence-corrected chi connectivity index (χ0v) is 12.3. The summed E-state index contributed by atoms with van der Waals surface area (Å²) in [6.07, 6.45) is 0.239. The average Bonchev–Trinajstić information content (AvgIpc) is 2.95. The van der Waals surface area contributed by atoms with Crippen LogP contribution in [0.1, 0.15) is 30.5 Å². The van der Waals surface area contributed by atoms with Crippen LogP contribution in [0.25, 0.3) is 0 Å². The van der Waals surface area contributed by atoms with Crippen molar-refractivity contribution < 1.29 is 18.7 Å². The largest absolute Gasteiger partial charge is 0.508 e. The molecular formula is C17H14F2N2O2. The summed E-state index contributed by atoms with van der Waals surface area (Å²) in [7, 11) is 0. The van der Waals surface area contributed by atoms with Gasteiger partial charge >= 0.3 is 0 Å². The Morgan fingerprint density at radius 2 is 2.04 bits per heavy atom. The average molecular weight is 316 g/mol. The third-order valence-corrected chi connectivity index (χ3v) is 3.73. The third-order valence-electron chi connectivity index (χ3n) is 3.73. The minimum absolute atomic E-state index is 0.0407. The Hall–Kier alpha value is -2.76. The molecule has 1 heterocycles. The van der Waals surface area contributed by atoms with E-state index >= 15 is 0 Å². The molecule has 1 atom stereocenters. The number of benzene rings is 2. The van der Waals surface area contributed by atoms with Gasteiger partial charge in [-0.2, -0.15) is 5.10 Å². The zero-order chi connectivity index (χ0) is 16.6. The molecule has 0 fully saturated rings. The van der Waals surface area contributed by atoms with Crippen LogP contribution in [0.3, 0.4) is 0 Å². The van der Waals surface area contributed by atoms with Gasteiger partial charge in [-0.15, -0.1) is 0 Å². The molecule has 1 unspecified atom stereocenters. The maximum atomic E-state index is 14.0. The first kappa shape index (κ1) is 15.1. The monoisotopic (exact) mass is 316 g/mol. The summed E-state index contributed by atoms with van der Waals surface area (Å²) >= 11 is 0. The topological polar surface area (TPSA) is 52.9 Å². The lowest BCUT2D eigenvalue weighted by Crippen LogP contribution is -2.24. The Balaban J connectivity index is 2.00. The van der Waals surface area contributed by atoms with E-state index < -0.39 is 17.7 Å². The van der Waals surface area contributed by atoms with Crippen LogP contribution >= 0.6 is 0 Å². The Kier molecular flexibility index (Phi) is 3.82. The van der Waals surface area contributed by atoms with Crippen molar-refractivity contribution in [3.8, 4) is 5.75 Å². The molecule has 1 N–H and O–H groups in total. The van der Waals surface area contributed by atoms with E-state index in [1.165, 1.54) is 24.1 Å². The van der Waals surface area contributed by atoms with Crippen molar-refractivity contribution in [2.45, 2.75) is 19.4 Å². The first-order valence-corrected chi connectivity index (χ1v) is 7.07. The fraction of sp³-hybridized carbons (Fsp3) is 0.176. The lowest BCUT2D eigenvalue weighted by molar-refractivity contribution is -0.130. The van der Waals surface area contributed by atoms with Crippen LogP contribution in [0, 0.1) is 11.6 Å². The number of phenolic OH excluding ortho intramolecular Hbond substituents is 1. The highest BCUT2D eigenvalue weighted by atomic mass is 19.1. The highest BCUT2D eigenvalue weighted by Crippen LogP contribution is 2.34. The van der Waals surface area contributed by atoms with Crippen LogP contribution in [0.2, 0.25) is 0 Å². The highest BCUT2D eigenvalue weighted by molar-refractivity contribution is 6.03. The van der Waals surface area contributed by atoms with Crippen molar-refractivity contribution in [1.82, 2.24) is 5.01 Å². The summed E-state index contributed by atoms with van der Waals surface area (Å²) in [5.41, 5.74) is 1.01. The van der Waals surface area contributed by atoms with Crippen molar-refractivity contribution in [3.63, 3.8) is 0 Å². The summed E-state index contributed by atoms with van der Waals surface area (Å²) in [4.78, 5) is 11.8. The molecule has 0 saturated heterocycles. The number of halogens is 2. The maximum absolute atomic E-state index is 14.0. The van der Waals surface area contributed by atoms with E-state index in [0.29, 0.717) is 11.3 Å². The second-order valence-electron chi connectivity index (χ2n) is 5.35. The number of carbonyl (C=O) groups is 1. The van der Waals surface area contributed by atoms with E-state index in [-0.39, 0.29) is 23.6 Å². The minimum atomic E-state index is -0.592. The predicted octanol–water partition coefficient (Wildman–Crippen LogP) is 3.37.